The number of aliphatic hydroxyl groups excluding tert-OH is 2. The third-order valence-electron chi connectivity index (χ3n) is 3.35. The Morgan fingerprint density at radius 3 is 2.68 bits per heavy atom. The van der Waals surface area contributed by atoms with Crippen molar-refractivity contribution in [1.29, 1.82) is 0 Å². The van der Waals surface area contributed by atoms with Gasteiger partial charge in [0.05, 0.1) is 17.7 Å². The van der Waals surface area contributed by atoms with E-state index >= 15 is 0 Å². The van der Waals surface area contributed by atoms with E-state index in [0.717, 1.165) is 0 Å². The number of fused-ring (bicyclic) bond motifs is 1. The van der Waals surface area contributed by atoms with Crippen LogP contribution in [0.3, 0.4) is 0 Å². The van der Waals surface area contributed by atoms with E-state index in [2.05, 4.69) is 15.0 Å². The van der Waals surface area contributed by atoms with Gasteiger partial charge in [-0.2, -0.15) is 0 Å². The van der Waals surface area contributed by atoms with E-state index in [-0.39, 0.29) is 5.78 Å². The molecule has 0 aliphatic heterocycles. The van der Waals surface area contributed by atoms with Crippen LogP contribution in [0, 0.1) is 0 Å². The number of aromatic nitrogens is 3. The van der Waals surface area contributed by atoms with Gasteiger partial charge in [-0.3, -0.25) is 9.78 Å². The van der Waals surface area contributed by atoms with Crippen molar-refractivity contribution in [3.63, 3.8) is 0 Å². The summed E-state index contributed by atoms with van der Waals surface area (Å²) < 4.78 is 0. The van der Waals surface area contributed by atoms with Gasteiger partial charge in [0.1, 0.15) is 12.4 Å². The summed E-state index contributed by atoms with van der Waals surface area (Å²) in [5, 5.41) is 19.9. The number of pyridine rings is 1. The maximum Gasteiger partial charge on any atom is 0.196 e. The topological polar surface area (TPSA) is 96.2 Å². The van der Waals surface area contributed by atoms with Crippen LogP contribution in [0.15, 0.2) is 49.2 Å². The molecule has 0 aliphatic carbocycles. The summed E-state index contributed by atoms with van der Waals surface area (Å²) in [6.45, 7) is -0.447. The number of aliphatic hydroxyl groups is 2. The van der Waals surface area contributed by atoms with Gasteiger partial charge in [0.2, 0.25) is 0 Å². The van der Waals surface area contributed by atoms with E-state index in [1.165, 1.54) is 18.7 Å². The summed E-state index contributed by atoms with van der Waals surface area (Å²) in [6.07, 6.45) is 4.72. The van der Waals surface area contributed by atoms with Gasteiger partial charge in [-0.15, -0.1) is 0 Å². The van der Waals surface area contributed by atoms with E-state index in [0.29, 0.717) is 27.6 Å². The van der Waals surface area contributed by atoms with Gasteiger partial charge in [0, 0.05) is 35.1 Å². The summed E-state index contributed by atoms with van der Waals surface area (Å²) in [4.78, 5) is 24.4. The van der Waals surface area contributed by atoms with Crippen LogP contribution in [0.4, 0.5) is 0 Å². The highest BCUT2D eigenvalue weighted by Gasteiger charge is 2.17. The van der Waals surface area contributed by atoms with Gasteiger partial charge in [-0.05, 0) is 18.2 Å². The van der Waals surface area contributed by atoms with Crippen molar-refractivity contribution in [3.8, 4) is 0 Å². The highest BCUT2D eigenvalue weighted by atomic mass is 16.3. The third-order valence-corrected chi connectivity index (χ3v) is 3.35. The maximum atomic E-state index is 12.5. The summed E-state index contributed by atoms with van der Waals surface area (Å²) in [6, 6.07) is 6.79. The van der Waals surface area contributed by atoms with Crippen molar-refractivity contribution >= 4 is 16.7 Å². The van der Waals surface area contributed by atoms with E-state index < -0.39 is 12.7 Å². The predicted molar refractivity (Wildman–Crippen MR) is 79.3 cm³/mol. The molecule has 0 radical (unpaired) electrons. The van der Waals surface area contributed by atoms with Crippen LogP contribution in [0.1, 0.15) is 27.6 Å². The first-order valence-electron chi connectivity index (χ1n) is 6.68. The van der Waals surface area contributed by atoms with Crippen LogP contribution < -0.4 is 0 Å². The van der Waals surface area contributed by atoms with E-state index in [9.17, 15) is 15.0 Å². The minimum Gasteiger partial charge on any atom is -0.393 e. The first-order chi connectivity index (χ1) is 10.7. The molecule has 3 rings (SSSR count). The lowest BCUT2D eigenvalue weighted by Gasteiger charge is -2.12. The quantitative estimate of drug-likeness (QED) is 0.704. The lowest BCUT2D eigenvalue weighted by molar-refractivity contribution is 0.0962. The smallest absolute Gasteiger partial charge is 0.196 e. The molecule has 0 saturated carbocycles. The highest BCUT2D eigenvalue weighted by molar-refractivity contribution is 6.10. The minimum atomic E-state index is -1.10. The molecule has 6 heteroatoms. The summed E-state index contributed by atoms with van der Waals surface area (Å²) in [7, 11) is 0. The molecule has 1 aromatic carbocycles. The maximum absolute atomic E-state index is 12.5. The number of rotatable bonds is 4. The van der Waals surface area contributed by atoms with Crippen molar-refractivity contribution in [3.05, 3.63) is 65.9 Å². The molecule has 1 atom stereocenters. The fraction of sp³-hybridized carbons (Fsp3) is 0.125. The molecule has 2 heterocycles. The molecule has 110 valence electrons. The second-order valence-electron chi connectivity index (χ2n) is 4.80. The number of carbonyl (C=O) groups is 1. The average Bonchev–Trinajstić information content (AvgIpc) is 2.60. The monoisotopic (exact) mass is 295 g/mol. The molecule has 2 aromatic heterocycles. The summed E-state index contributed by atoms with van der Waals surface area (Å²) in [5.41, 5.74) is 1.72. The predicted octanol–water partition coefficient (Wildman–Crippen LogP) is 1.28. The number of nitrogens with zero attached hydrogens (tertiary/aromatic N) is 3. The third kappa shape index (κ3) is 2.57. The molecule has 0 fully saturated rings. The van der Waals surface area contributed by atoms with Gasteiger partial charge < -0.3 is 10.2 Å². The number of hydrogen-bond acceptors (Lipinski definition) is 6. The molecule has 0 aliphatic rings. The molecular formula is C16H13N3O3. The first-order valence-corrected chi connectivity index (χ1v) is 6.68. The van der Waals surface area contributed by atoms with Crippen molar-refractivity contribution in [1.82, 2.24) is 15.0 Å². The Balaban J connectivity index is 2.17. The molecule has 1 unspecified atom stereocenters. The second kappa shape index (κ2) is 5.97. The van der Waals surface area contributed by atoms with Crippen LogP contribution >= 0.6 is 0 Å². The van der Waals surface area contributed by atoms with Crippen molar-refractivity contribution in [2.75, 3.05) is 6.61 Å². The van der Waals surface area contributed by atoms with Gasteiger partial charge >= 0.3 is 0 Å². The Kier molecular flexibility index (Phi) is 3.86. The standard InChI is InChI=1S/C16H13N3O3/c20-8-14(21)13-5-11(4-10-2-1-3-19-15(10)13)16(22)12-6-17-9-18-7-12/h1-7,9,14,20-21H,8H2. The van der Waals surface area contributed by atoms with Crippen LogP contribution in [0.25, 0.3) is 10.9 Å². The molecule has 0 amide bonds. The molecule has 3 aromatic rings. The van der Waals surface area contributed by atoms with Gasteiger partial charge in [-0.25, -0.2) is 9.97 Å². The van der Waals surface area contributed by atoms with Crippen LogP contribution in [-0.4, -0.2) is 37.6 Å². The zero-order valence-corrected chi connectivity index (χ0v) is 11.5. The number of hydrogen-bond donors (Lipinski definition) is 2. The number of benzene rings is 1. The lowest BCUT2D eigenvalue weighted by Crippen LogP contribution is -2.08. The van der Waals surface area contributed by atoms with E-state index in [4.69, 9.17) is 0 Å². The van der Waals surface area contributed by atoms with Crippen LogP contribution in [0.5, 0.6) is 0 Å². The molecule has 0 bridgehead atoms. The fourth-order valence-electron chi connectivity index (χ4n) is 2.29. The van der Waals surface area contributed by atoms with Crippen molar-refractivity contribution in [2.24, 2.45) is 0 Å². The average molecular weight is 295 g/mol. The zero-order valence-electron chi connectivity index (χ0n) is 11.5. The Bertz CT molecular complexity index is 821. The molecule has 22 heavy (non-hydrogen) atoms. The number of ketones is 1. The van der Waals surface area contributed by atoms with E-state index in [1.807, 2.05) is 0 Å². The minimum absolute atomic E-state index is 0.252. The van der Waals surface area contributed by atoms with Crippen molar-refractivity contribution in [2.45, 2.75) is 6.10 Å². The first kappa shape index (κ1) is 14.2. The van der Waals surface area contributed by atoms with Crippen molar-refractivity contribution < 1.29 is 15.0 Å². The normalized spacial score (nSPS) is 12.3. The lowest BCUT2D eigenvalue weighted by atomic mass is 9.97. The Labute approximate surface area is 126 Å². The molecule has 0 saturated heterocycles. The fourth-order valence-corrected chi connectivity index (χ4v) is 2.29. The Morgan fingerprint density at radius 2 is 1.95 bits per heavy atom. The second-order valence-corrected chi connectivity index (χ2v) is 4.80. The molecule has 0 spiro atoms. The van der Waals surface area contributed by atoms with Gasteiger partial charge in [0.25, 0.3) is 0 Å². The molecular weight excluding hydrogens is 282 g/mol. The SMILES string of the molecule is O=C(c1cncnc1)c1cc(C(O)CO)c2ncccc2c1. The van der Waals surface area contributed by atoms with E-state index in [1.54, 1.807) is 30.5 Å². The molecule has 2 N–H and O–H groups in total. The largest absolute Gasteiger partial charge is 0.393 e. The van der Waals surface area contributed by atoms with Gasteiger partial charge in [0.15, 0.2) is 5.78 Å². The highest BCUT2D eigenvalue weighted by Crippen LogP contribution is 2.25. The Hall–Kier alpha value is -2.70. The van der Waals surface area contributed by atoms with Gasteiger partial charge in [-0.1, -0.05) is 6.07 Å². The summed E-state index contributed by atoms with van der Waals surface area (Å²) >= 11 is 0. The Morgan fingerprint density at radius 1 is 1.18 bits per heavy atom. The summed E-state index contributed by atoms with van der Waals surface area (Å²) in [5.74, 6) is -0.252. The van der Waals surface area contributed by atoms with Crippen LogP contribution in [-0.2, 0) is 0 Å². The van der Waals surface area contributed by atoms with Crippen LogP contribution in [0.2, 0.25) is 0 Å². The zero-order chi connectivity index (χ0) is 15.5. The number of carbonyl (C=O) groups excluding carboxylic acids is 1. The molecule has 6 nitrogen and oxygen atoms in total.